The van der Waals surface area contributed by atoms with Crippen LogP contribution in [0.1, 0.15) is 12.5 Å². The Morgan fingerprint density at radius 3 is 3.11 bits per heavy atom. The van der Waals surface area contributed by atoms with Gasteiger partial charge in [0.25, 0.3) is 0 Å². The van der Waals surface area contributed by atoms with E-state index >= 15 is 0 Å². The summed E-state index contributed by atoms with van der Waals surface area (Å²) in [7, 11) is 1.59. The summed E-state index contributed by atoms with van der Waals surface area (Å²) in [5.74, 6) is 0.707. The molecule has 104 valence electrons. The summed E-state index contributed by atoms with van der Waals surface area (Å²) in [4.78, 5) is 11.8. The Hall–Kier alpha value is -1.46. The number of carbonyl (C=O) groups is 1. The molecule has 1 aliphatic rings. The van der Waals surface area contributed by atoms with Gasteiger partial charge in [-0.1, -0.05) is 11.6 Å². The number of benzene rings is 1. The second kappa shape index (κ2) is 6.12. The van der Waals surface area contributed by atoms with Crippen LogP contribution in [0.4, 0.5) is 10.5 Å². The third-order valence-electron chi connectivity index (χ3n) is 2.79. The Bertz CT molecular complexity index is 479. The van der Waals surface area contributed by atoms with Crippen LogP contribution in [0.25, 0.3) is 0 Å². The number of hydrogen-bond acceptors (Lipinski definition) is 3. The third kappa shape index (κ3) is 3.52. The van der Waals surface area contributed by atoms with Crippen molar-refractivity contribution in [3.63, 3.8) is 0 Å². The first kappa shape index (κ1) is 14.0. The summed E-state index contributed by atoms with van der Waals surface area (Å²) in [5, 5.41) is 6.11. The maximum Gasteiger partial charge on any atom is 0.319 e. The minimum absolute atomic E-state index is 0.0712. The van der Waals surface area contributed by atoms with Crippen LogP contribution in [-0.2, 0) is 11.2 Å². The fourth-order valence-electron chi connectivity index (χ4n) is 2.04. The molecule has 5 nitrogen and oxygen atoms in total. The van der Waals surface area contributed by atoms with E-state index in [1.165, 1.54) is 0 Å². The van der Waals surface area contributed by atoms with Crippen molar-refractivity contribution in [2.75, 3.05) is 25.6 Å². The van der Waals surface area contributed by atoms with Gasteiger partial charge in [-0.15, -0.1) is 0 Å². The van der Waals surface area contributed by atoms with Crippen LogP contribution in [0.3, 0.4) is 0 Å². The smallest absolute Gasteiger partial charge is 0.319 e. The SMILES string of the molecule is COC[C@@H](C)NC(=O)Nc1cc(Cl)cc2c1OCC2. The third-order valence-corrected chi connectivity index (χ3v) is 3.01. The second-order valence-electron chi connectivity index (χ2n) is 4.49. The van der Waals surface area contributed by atoms with E-state index in [-0.39, 0.29) is 12.1 Å². The van der Waals surface area contributed by atoms with Crippen LogP contribution in [-0.4, -0.2) is 32.4 Å². The second-order valence-corrected chi connectivity index (χ2v) is 4.93. The standard InChI is InChI=1S/C13H17ClN2O3/c1-8(7-18-2)15-13(17)16-11-6-10(14)5-9-3-4-19-12(9)11/h5-6,8H,3-4,7H2,1-2H3,(H2,15,16,17)/t8-/m1/s1. The maximum atomic E-state index is 11.8. The average molecular weight is 285 g/mol. The number of nitrogens with one attached hydrogen (secondary N) is 2. The number of rotatable bonds is 4. The van der Waals surface area contributed by atoms with Crippen LogP contribution in [0.2, 0.25) is 5.02 Å². The molecule has 0 aliphatic carbocycles. The van der Waals surface area contributed by atoms with Crippen LogP contribution in [0, 0.1) is 0 Å². The van der Waals surface area contributed by atoms with E-state index < -0.39 is 0 Å². The van der Waals surface area contributed by atoms with Crippen molar-refractivity contribution in [3.05, 3.63) is 22.7 Å². The van der Waals surface area contributed by atoms with E-state index in [0.29, 0.717) is 29.7 Å². The highest BCUT2D eigenvalue weighted by molar-refractivity contribution is 6.31. The van der Waals surface area contributed by atoms with E-state index in [1.807, 2.05) is 13.0 Å². The van der Waals surface area contributed by atoms with Gasteiger partial charge in [-0.25, -0.2) is 4.79 Å². The van der Waals surface area contributed by atoms with Gasteiger partial charge in [0.1, 0.15) is 5.75 Å². The molecule has 1 aliphatic heterocycles. The van der Waals surface area contributed by atoms with Gasteiger partial charge in [0.15, 0.2) is 0 Å². The van der Waals surface area contributed by atoms with Gasteiger partial charge in [0.05, 0.1) is 24.9 Å². The first-order chi connectivity index (χ1) is 9.10. The number of hydrogen-bond donors (Lipinski definition) is 2. The number of urea groups is 1. The predicted molar refractivity (Wildman–Crippen MR) is 74.1 cm³/mol. The van der Waals surface area contributed by atoms with Gasteiger partial charge in [-0.2, -0.15) is 0 Å². The Labute approximate surface area is 117 Å². The number of ether oxygens (including phenoxy) is 2. The Balaban J connectivity index is 2.05. The van der Waals surface area contributed by atoms with Crippen molar-refractivity contribution in [2.45, 2.75) is 19.4 Å². The number of methoxy groups -OCH3 is 1. The predicted octanol–water partition coefficient (Wildman–Crippen LogP) is 2.43. The summed E-state index contributed by atoms with van der Waals surface area (Å²) >= 11 is 6.02. The van der Waals surface area contributed by atoms with Crippen molar-refractivity contribution in [3.8, 4) is 5.75 Å². The molecule has 2 N–H and O–H groups in total. The highest BCUT2D eigenvalue weighted by Crippen LogP contribution is 2.36. The molecule has 0 fully saturated rings. The molecule has 0 radical (unpaired) electrons. The summed E-state index contributed by atoms with van der Waals surface area (Å²) in [6, 6.07) is 3.18. The molecular formula is C13H17ClN2O3. The highest BCUT2D eigenvalue weighted by atomic mass is 35.5. The maximum absolute atomic E-state index is 11.8. The number of halogens is 1. The average Bonchev–Trinajstić information content (AvgIpc) is 2.76. The first-order valence-electron chi connectivity index (χ1n) is 6.12. The van der Waals surface area contributed by atoms with E-state index in [0.717, 1.165) is 12.0 Å². The van der Waals surface area contributed by atoms with E-state index in [9.17, 15) is 4.79 Å². The van der Waals surface area contributed by atoms with Crippen molar-refractivity contribution >= 4 is 23.3 Å². The Morgan fingerprint density at radius 2 is 2.37 bits per heavy atom. The molecule has 1 heterocycles. The van der Waals surface area contributed by atoms with Gasteiger partial charge < -0.3 is 20.1 Å². The fourth-order valence-corrected chi connectivity index (χ4v) is 2.28. The van der Waals surface area contributed by atoms with E-state index in [4.69, 9.17) is 21.1 Å². The van der Waals surface area contributed by atoms with E-state index in [1.54, 1.807) is 13.2 Å². The monoisotopic (exact) mass is 284 g/mol. The van der Waals surface area contributed by atoms with Crippen LogP contribution < -0.4 is 15.4 Å². The molecule has 2 amide bonds. The van der Waals surface area contributed by atoms with Crippen molar-refractivity contribution in [1.29, 1.82) is 0 Å². The molecule has 6 heteroatoms. The molecule has 1 aromatic rings. The summed E-state index contributed by atoms with van der Waals surface area (Å²) < 4.78 is 10.5. The zero-order valence-electron chi connectivity index (χ0n) is 11.0. The first-order valence-corrected chi connectivity index (χ1v) is 6.49. The number of anilines is 1. The lowest BCUT2D eigenvalue weighted by atomic mass is 10.1. The van der Waals surface area contributed by atoms with Crippen molar-refractivity contribution in [1.82, 2.24) is 5.32 Å². The van der Waals surface area contributed by atoms with E-state index in [2.05, 4.69) is 10.6 Å². The zero-order valence-corrected chi connectivity index (χ0v) is 11.7. The largest absolute Gasteiger partial charge is 0.491 e. The summed E-state index contributed by atoms with van der Waals surface area (Å²) in [6.07, 6.45) is 0.812. The van der Waals surface area contributed by atoms with Gasteiger partial charge in [-0.05, 0) is 19.1 Å². The molecule has 0 bridgehead atoms. The minimum Gasteiger partial charge on any atom is -0.491 e. The highest BCUT2D eigenvalue weighted by Gasteiger charge is 2.19. The van der Waals surface area contributed by atoms with Crippen LogP contribution >= 0.6 is 11.6 Å². The van der Waals surface area contributed by atoms with Crippen molar-refractivity contribution in [2.24, 2.45) is 0 Å². The lowest BCUT2D eigenvalue weighted by Crippen LogP contribution is -2.38. The number of amides is 2. The van der Waals surface area contributed by atoms with Gasteiger partial charge >= 0.3 is 6.03 Å². The molecule has 0 spiro atoms. The zero-order chi connectivity index (χ0) is 13.8. The van der Waals surface area contributed by atoms with Crippen LogP contribution in [0.15, 0.2) is 12.1 Å². The molecule has 1 atom stereocenters. The van der Waals surface area contributed by atoms with Crippen LogP contribution in [0.5, 0.6) is 5.75 Å². The molecule has 2 rings (SSSR count). The Morgan fingerprint density at radius 1 is 1.58 bits per heavy atom. The molecule has 0 saturated heterocycles. The molecule has 0 unspecified atom stereocenters. The van der Waals surface area contributed by atoms with Gasteiger partial charge in [0, 0.05) is 24.1 Å². The quantitative estimate of drug-likeness (QED) is 0.893. The normalized spacial score (nSPS) is 14.5. The fraction of sp³-hybridized carbons (Fsp3) is 0.462. The van der Waals surface area contributed by atoms with Gasteiger partial charge in [0.2, 0.25) is 0 Å². The van der Waals surface area contributed by atoms with Crippen molar-refractivity contribution < 1.29 is 14.3 Å². The lowest BCUT2D eigenvalue weighted by molar-refractivity contribution is 0.173. The number of fused-ring (bicyclic) bond motifs is 1. The molecular weight excluding hydrogens is 268 g/mol. The molecule has 0 aromatic heterocycles. The molecule has 1 aromatic carbocycles. The topological polar surface area (TPSA) is 59.6 Å². The van der Waals surface area contributed by atoms with Gasteiger partial charge in [-0.3, -0.25) is 0 Å². The summed E-state index contributed by atoms with van der Waals surface area (Å²) in [6.45, 7) is 2.94. The minimum atomic E-state index is -0.301. The number of carbonyl (C=O) groups excluding carboxylic acids is 1. The molecule has 19 heavy (non-hydrogen) atoms. The lowest BCUT2D eigenvalue weighted by Gasteiger charge is -2.15. The Kier molecular flexibility index (Phi) is 4.50. The summed E-state index contributed by atoms with van der Waals surface area (Å²) in [5.41, 5.74) is 1.62. The molecule has 0 saturated carbocycles.